The maximum atomic E-state index is 13.2. The Bertz CT molecular complexity index is 1350. The van der Waals surface area contributed by atoms with Crippen molar-refractivity contribution >= 4 is 39.1 Å². The lowest BCUT2D eigenvalue weighted by molar-refractivity contribution is -0.134. The molecule has 0 aliphatic carbocycles. The van der Waals surface area contributed by atoms with Crippen molar-refractivity contribution in [2.24, 2.45) is 0 Å². The molecule has 5 rings (SSSR count). The van der Waals surface area contributed by atoms with Crippen LogP contribution in [0.5, 0.6) is 0 Å². The van der Waals surface area contributed by atoms with Crippen molar-refractivity contribution < 1.29 is 22.4 Å². The predicted octanol–water partition coefficient (Wildman–Crippen LogP) is 3.21. The summed E-state index contributed by atoms with van der Waals surface area (Å²) in [5.41, 5.74) is 4.46. The van der Waals surface area contributed by atoms with E-state index in [-0.39, 0.29) is 10.5 Å². The van der Waals surface area contributed by atoms with E-state index in [1.165, 1.54) is 29.5 Å². The number of furan rings is 1. The number of hydrogen-bond acceptors (Lipinski definition) is 6. The van der Waals surface area contributed by atoms with Crippen LogP contribution in [0.2, 0.25) is 5.02 Å². The molecule has 0 spiro atoms. The molecule has 0 saturated carbocycles. The Balaban J connectivity index is 1.44. The van der Waals surface area contributed by atoms with Crippen LogP contribution < -0.4 is 5.43 Å². The number of hydrogen-bond donors (Lipinski definition) is 1. The number of benzene rings is 2. The number of nitrogens with zero attached hydrogens (tertiary/aromatic N) is 2. The SMILES string of the molecule is O=C(CN1C(=O)c2ccccc2S1(=O)=O)N1NC(c2ccc(Cl)cc2)=C[C@@H]1c1ccco1. The van der Waals surface area contributed by atoms with Crippen molar-refractivity contribution in [1.82, 2.24) is 14.7 Å². The second kappa shape index (κ2) is 7.54. The Morgan fingerprint density at radius 3 is 2.50 bits per heavy atom. The molecule has 0 bridgehead atoms. The van der Waals surface area contributed by atoms with Crippen molar-refractivity contribution in [3.05, 3.63) is 94.9 Å². The fourth-order valence-electron chi connectivity index (χ4n) is 3.73. The summed E-state index contributed by atoms with van der Waals surface area (Å²) in [6.07, 6.45) is 3.27. The number of sulfonamides is 1. The third kappa shape index (κ3) is 3.26. The molecule has 3 heterocycles. The average Bonchev–Trinajstić information content (AvgIpc) is 3.50. The summed E-state index contributed by atoms with van der Waals surface area (Å²) >= 11 is 5.97. The van der Waals surface area contributed by atoms with Gasteiger partial charge in [0.1, 0.15) is 23.2 Å². The first-order valence-corrected chi connectivity index (χ1v) is 11.4. The molecule has 2 aliphatic rings. The fourth-order valence-corrected chi connectivity index (χ4v) is 5.38. The molecule has 1 atom stereocenters. The molecule has 0 fully saturated rings. The number of carbonyl (C=O) groups is 2. The van der Waals surface area contributed by atoms with Crippen LogP contribution in [0.15, 0.2) is 82.3 Å². The molecule has 0 radical (unpaired) electrons. The minimum Gasteiger partial charge on any atom is -0.467 e. The van der Waals surface area contributed by atoms with Gasteiger partial charge in [-0.3, -0.25) is 15.0 Å². The van der Waals surface area contributed by atoms with E-state index >= 15 is 0 Å². The van der Waals surface area contributed by atoms with Gasteiger partial charge in [-0.25, -0.2) is 17.7 Å². The molecule has 2 aliphatic heterocycles. The quantitative estimate of drug-likeness (QED) is 0.629. The van der Waals surface area contributed by atoms with Crippen molar-refractivity contribution in [1.29, 1.82) is 0 Å². The third-order valence-corrected chi connectivity index (χ3v) is 7.33. The highest BCUT2D eigenvalue weighted by Crippen LogP contribution is 2.34. The normalized spacial score (nSPS) is 19.0. The number of halogens is 1. The molecular formula is C22H16ClN3O5S. The van der Waals surface area contributed by atoms with Gasteiger partial charge in [0, 0.05) is 5.02 Å². The van der Waals surface area contributed by atoms with E-state index in [9.17, 15) is 18.0 Å². The Labute approximate surface area is 188 Å². The van der Waals surface area contributed by atoms with Crippen LogP contribution in [0.3, 0.4) is 0 Å². The summed E-state index contributed by atoms with van der Waals surface area (Å²) in [6.45, 7) is -0.651. The number of amides is 2. The lowest BCUT2D eigenvalue weighted by Gasteiger charge is -2.26. The minimum atomic E-state index is -4.11. The van der Waals surface area contributed by atoms with E-state index in [0.717, 1.165) is 5.56 Å². The van der Waals surface area contributed by atoms with Gasteiger partial charge < -0.3 is 4.42 Å². The number of hydrazine groups is 1. The molecule has 32 heavy (non-hydrogen) atoms. The zero-order valence-electron chi connectivity index (χ0n) is 16.4. The first-order chi connectivity index (χ1) is 15.4. The van der Waals surface area contributed by atoms with Crippen LogP contribution in [0.25, 0.3) is 5.70 Å². The van der Waals surface area contributed by atoms with Gasteiger partial charge in [-0.05, 0) is 48.0 Å². The second-order valence-electron chi connectivity index (χ2n) is 7.24. The van der Waals surface area contributed by atoms with Crippen LogP contribution in [0.1, 0.15) is 27.7 Å². The first kappa shape index (κ1) is 20.3. The summed E-state index contributed by atoms with van der Waals surface area (Å²) in [5, 5.41) is 1.83. The first-order valence-electron chi connectivity index (χ1n) is 9.62. The molecule has 10 heteroatoms. The Morgan fingerprint density at radius 1 is 1.06 bits per heavy atom. The summed E-state index contributed by atoms with van der Waals surface area (Å²) in [5.74, 6) is -0.862. The zero-order valence-corrected chi connectivity index (χ0v) is 18.0. The van der Waals surface area contributed by atoms with Gasteiger partial charge in [-0.1, -0.05) is 35.9 Å². The fraction of sp³-hybridized carbons (Fsp3) is 0.0909. The number of carbonyl (C=O) groups excluding carboxylic acids is 2. The largest absolute Gasteiger partial charge is 0.467 e. The van der Waals surface area contributed by atoms with E-state index < -0.39 is 34.4 Å². The van der Waals surface area contributed by atoms with E-state index in [4.69, 9.17) is 16.0 Å². The van der Waals surface area contributed by atoms with Gasteiger partial charge in [0.2, 0.25) is 0 Å². The summed E-state index contributed by atoms with van der Waals surface area (Å²) in [6, 6.07) is 15.7. The summed E-state index contributed by atoms with van der Waals surface area (Å²) in [4.78, 5) is 25.8. The lowest BCUT2D eigenvalue weighted by Crippen LogP contribution is -2.46. The molecule has 1 N–H and O–H groups in total. The molecule has 2 aromatic carbocycles. The van der Waals surface area contributed by atoms with Crippen molar-refractivity contribution in [2.75, 3.05) is 6.54 Å². The molecule has 8 nitrogen and oxygen atoms in total. The summed E-state index contributed by atoms with van der Waals surface area (Å²) < 4.78 is 31.8. The number of fused-ring (bicyclic) bond motifs is 1. The maximum Gasteiger partial charge on any atom is 0.269 e. The van der Waals surface area contributed by atoms with Crippen LogP contribution in [-0.4, -0.2) is 36.1 Å². The highest BCUT2D eigenvalue weighted by Gasteiger charge is 2.43. The number of nitrogens with one attached hydrogen (secondary N) is 1. The van der Waals surface area contributed by atoms with Gasteiger partial charge in [-0.15, -0.1) is 0 Å². The smallest absolute Gasteiger partial charge is 0.269 e. The highest BCUT2D eigenvalue weighted by molar-refractivity contribution is 7.90. The topological polar surface area (TPSA) is 99.9 Å². The standard InChI is InChI=1S/C22H16ClN3O5S/c23-15-9-7-14(8-10-15)17-12-18(19-5-3-11-31-19)26(24-17)21(27)13-25-22(28)16-4-1-2-6-20(16)32(25,29)30/h1-12,18,24H,13H2/t18-/m1/s1. The molecule has 1 aromatic heterocycles. The molecule has 2 amide bonds. The molecule has 3 aromatic rings. The third-order valence-electron chi connectivity index (χ3n) is 5.29. The van der Waals surface area contributed by atoms with Crippen LogP contribution in [0, 0.1) is 0 Å². The van der Waals surface area contributed by atoms with Crippen LogP contribution >= 0.6 is 11.6 Å². The minimum absolute atomic E-state index is 0.0530. The van der Waals surface area contributed by atoms with Crippen molar-refractivity contribution in [3.63, 3.8) is 0 Å². The molecule has 162 valence electrons. The van der Waals surface area contributed by atoms with Gasteiger partial charge in [-0.2, -0.15) is 0 Å². The van der Waals surface area contributed by atoms with Gasteiger partial charge in [0.05, 0.1) is 17.5 Å². The zero-order chi connectivity index (χ0) is 22.5. The van der Waals surface area contributed by atoms with E-state index in [2.05, 4.69) is 5.43 Å². The van der Waals surface area contributed by atoms with Crippen molar-refractivity contribution in [2.45, 2.75) is 10.9 Å². The molecular weight excluding hydrogens is 454 g/mol. The van der Waals surface area contributed by atoms with E-state index in [1.54, 1.807) is 48.5 Å². The van der Waals surface area contributed by atoms with Gasteiger partial charge in [0.15, 0.2) is 0 Å². The summed E-state index contributed by atoms with van der Waals surface area (Å²) in [7, 11) is -4.11. The van der Waals surface area contributed by atoms with Crippen LogP contribution in [0.4, 0.5) is 0 Å². The molecule has 0 saturated heterocycles. The second-order valence-corrected chi connectivity index (χ2v) is 9.50. The lowest BCUT2D eigenvalue weighted by atomic mass is 10.1. The average molecular weight is 470 g/mol. The van der Waals surface area contributed by atoms with Crippen LogP contribution in [-0.2, 0) is 14.8 Å². The predicted molar refractivity (Wildman–Crippen MR) is 116 cm³/mol. The molecule has 0 unspecified atom stereocenters. The highest BCUT2D eigenvalue weighted by atomic mass is 35.5. The Morgan fingerprint density at radius 2 is 1.81 bits per heavy atom. The van der Waals surface area contributed by atoms with Gasteiger partial charge >= 0.3 is 0 Å². The Kier molecular flexibility index (Phi) is 4.79. The van der Waals surface area contributed by atoms with E-state index in [1.807, 2.05) is 0 Å². The Hall–Kier alpha value is -3.56. The number of rotatable bonds is 4. The maximum absolute atomic E-state index is 13.2. The van der Waals surface area contributed by atoms with Crippen molar-refractivity contribution in [3.8, 4) is 0 Å². The monoisotopic (exact) mass is 469 g/mol. The van der Waals surface area contributed by atoms with E-state index in [0.29, 0.717) is 20.8 Å². The van der Waals surface area contributed by atoms with Gasteiger partial charge in [0.25, 0.3) is 21.8 Å².